The first-order chi connectivity index (χ1) is 15.1. The SMILES string of the molecule is CCNC(=NCc1ccc(C#N)cc1)NC1CCN(Cc2cc(OC)cc(OC)c2)C1. The van der Waals surface area contributed by atoms with E-state index < -0.39 is 0 Å². The van der Waals surface area contributed by atoms with Crippen LogP contribution in [-0.2, 0) is 13.1 Å². The van der Waals surface area contributed by atoms with E-state index in [1.165, 1.54) is 5.56 Å². The van der Waals surface area contributed by atoms with Gasteiger partial charge in [0.2, 0.25) is 0 Å². The van der Waals surface area contributed by atoms with Crippen LogP contribution < -0.4 is 20.1 Å². The molecule has 1 aliphatic rings. The lowest BCUT2D eigenvalue weighted by atomic mass is 10.1. The summed E-state index contributed by atoms with van der Waals surface area (Å²) in [5.41, 5.74) is 2.92. The normalized spacial score (nSPS) is 16.6. The van der Waals surface area contributed by atoms with Crippen LogP contribution in [-0.4, -0.2) is 50.8 Å². The monoisotopic (exact) mass is 421 g/mol. The summed E-state index contributed by atoms with van der Waals surface area (Å²) in [6, 6.07) is 16.1. The number of aliphatic imine (C=N–C) groups is 1. The van der Waals surface area contributed by atoms with E-state index in [0.29, 0.717) is 18.2 Å². The van der Waals surface area contributed by atoms with Gasteiger partial charge in [0, 0.05) is 38.3 Å². The average molecular weight is 422 g/mol. The molecule has 0 aromatic heterocycles. The summed E-state index contributed by atoms with van der Waals surface area (Å²) in [5, 5.41) is 15.8. The zero-order valence-electron chi connectivity index (χ0n) is 18.5. The number of guanidine groups is 1. The zero-order valence-corrected chi connectivity index (χ0v) is 18.5. The number of benzene rings is 2. The molecule has 7 heteroatoms. The summed E-state index contributed by atoms with van der Waals surface area (Å²) in [6.07, 6.45) is 1.06. The van der Waals surface area contributed by atoms with Crippen LogP contribution in [0.4, 0.5) is 0 Å². The van der Waals surface area contributed by atoms with Gasteiger partial charge in [-0.15, -0.1) is 0 Å². The molecule has 7 nitrogen and oxygen atoms in total. The first-order valence-electron chi connectivity index (χ1n) is 10.6. The predicted molar refractivity (Wildman–Crippen MR) is 122 cm³/mol. The van der Waals surface area contributed by atoms with Gasteiger partial charge in [-0.3, -0.25) is 4.90 Å². The van der Waals surface area contributed by atoms with E-state index in [2.05, 4.69) is 40.7 Å². The lowest BCUT2D eigenvalue weighted by Gasteiger charge is -2.19. The molecule has 1 heterocycles. The number of nitriles is 1. The van der Waals surface area contributed by atoms with E-state index in [1.54, 1.807) is 14.2 Å². The van der Waals surface area contributed by atoms with E-state index in [1.807, 2.05) is 30.3 Å². The highest BCUT2D eigenvalue weighted by molar-refractivity contribution is 5.80. The molecular weight excluding hydrogens is 390 g/mol. The van der Waals surface area contributed by atoms with Gasteiger partial charge in [0.25, 0.3) is 0 Å². The number of hydrogen-bond acceptors (Lipinski definition) is 5. The Labute approximate surface area is 184 Å². The predicted octanol–water partition coefficient (Wildman–Crippen LogP) is 2.91. The molecule has 2 N–H and O–H groups in total. The van der Waals surface area contributed by atoms with Crippen LogP contribution in [0.2, 0.25) is 0 Å². The molecular formula is C24H31N5O2. The van der Waals surface area contributed by atoms with Crippen LogP contribution in [0.1, 0.15) is 30.0 Å². The third-order valence-electron chi connectivity index (χ3n) is 5.28. The molecule has 0 spiro atoms. The summed E-state index contributed by atoms with van der Waals surface area (Å²) in [6.45, 7) is 6.26. The minimum Gasteiger partial charge on any atom is -0.497 e. The van der Waals surface area contributed by atoms with E-state index in [4.69, 9.17) is 19.7 Å². The van der Waals surface area contributed by atoms with Gasteiger partial charge in [-0.1, -0.05) is 12.1 Å². The van der Waals surface area contributed by atoms with Crippen LogP contribution >= 0.6 is 0 Å². The maximum absolute atomic E-state index is 8.93. The standard InChI is InChI=1S/C24H31N5O2/c1-4-26-24(27-15-19-7-5-18(14-25)6-8-19)28-21-9-10-29(17-21)16-20-11-22(30-2)13-23(12-20)31-3/h5-8,11-13,21H,4,9-10,15-17H2,1-3H3,(H2,26,27,28). The Kier molecular flexibility index (Phi) is 8.13. The topological polar surface area (TPSA) is 81.9 Å². The minimum atomic E-state index is 0.339. The fraction of sp³-hybridized carbons (Fsp3) is 0.417. The molecule has 1 atom stereocenters. The fourth-order valence-corrected chi connectivity index (χ4v) is 3.68. The number of nitrogens with zero attached hydrogens (tertiary/aromatic N) is 3. The summed E-state index contributed by atoms with van der Waals surface area (Å²) in [5.74, 6) is 2.45. The van der Waals surface area contributed by atoms with Crippen molar-refractivity contribution in [1.29, 1.82) is 5.26 Å². The second kappa shape index (κ2) is 11.2. The van der Waals surface area contributed by atoms with Gasteiger partial charge in [0.1, 0.15) is 11.5 Å². The Morgan fingerprint density at radius 3 is 2.45 bits per heavy atom. The Morgan fingerprint density at radius 1 is 1.13 bits per heavy atom. The van der Waals surface area contributed by atoms with Crippen molar-refractivity contribution in [3.05, 3.63) is 59.2 Å². The first-order valence-corrected chi connectivity index (χ1v) is 10.6. The quantitative estimate of drug-likeness (QED) is 0.504. The maximum atomic E-state index is 8.93. The number of methoxy groups -OCH3 is 2. The van der Waals surface area contributed by atoms with E-state index in [9.17, 15) is 0 Å². The Bertz CT molecular complexity index is 898. The molecule has 1 fully saturated rings. The van der Waals surface area contributed by atoms with Crippen molar-refractivity contribution in [2.24, 2.45) is 4.99 Å². The van der Waals surface area contributed by atoms with E-state index >= 15 is 0 Å². The molecule has 0 amide bonds. The number of likely N-dealkylation sites (tertiary alicyclic amines) is 1. The van der Waals surface area contributed by atoms with Gasteiger partial charge in [0.05, 0.1) is 32.4 Å². The van der Waals surface area contributed by atoms with Gasteiger partial charge >= 0.3 is 0 Å². The molecule has 0 saturated carbocycles. The van der Waals surface area contributed by atoms with Crippen LogP contribution in [0.5, 0.6) is 11.5 Å². The van der Waals surface area contributed by atoms with E-state index in [0.717, 1.165) is 55.6 Å². The number of nitrogens with one attached hydrogen (secondary N) is 2. The van der Waals surface area contributed by atoms with Gasteiger partial charge in [-0.25, -0.2) is 4.99 Å². The Hall–Kier alpha value is -3.24. The fourth-order valence-electron chi connectivity index (χ4n) is 3.68. The number of rotatable bonds is 8. The minimum absolute atomic E-state index is 0.339. The Balaban J connectivity index is 1.57. The molecule has 0 aliphatic carbocycles. The molecule has 0 bridgehead atoms. The lowest BCUT2D eigenvalue weighted by Crippen LogP contribution is -2.44. The molecule has 2 aromatic rings. The summed E-state index contributed by atoms with van der Waals surface area (Å²) in [7, 11) is 3.35. The second-order valence-electron chi connectivity index (χ2n) is 7.59. The van der Waals surface area contributed by atoms with Crippen molar-refractivity contribution < 1.29 is 9.47 Å². The van der Waals surface area contributed by atoms with Crippen LogP contribution in [0.25, 0.3) is 0 Å². The van der Waals surface area contributed by atoms with Crippen molar-refractivity contribution in [3.63, 3.8) is 0 Å². The van der Waals surface area contributed by atoms with Crippen molar-refractivity contribution in [3.8, 4) is 17.6 Å². The van der Waals surface area contributed by atoms with Gasteiger partial charge < -0.3 is 20.1 Å². The highest BCUT2D eigenvalue weighted by atomic mass is 16.5. The van der Waals surface area contributed by atoms with Crippen molar-refractivity contribution in [1.82, 2.24) is 15.5 Å². The van der Waals surface area contributed by atoms with Crippen molar-refractivity contribution in [2.75, 3.05) is 33.9 Å². The summed E-state index contributed by atoms with van der Waals surface area (Å²) >= 11 is 0. The highest BCUT2D eigenvalue weighted by Gasteiger charge is 2.23. The molecule has 1 saturated heterocycles. The summed E-state index contributed by atoms with van der Waals surface area (Å²) < 4.78 is 10.8. The van der Waals surface area contributed by atoms with Gasteiger partial charge in [-0.2, -0.15) is 5.26 Å². The highest BCUT2D eigenvalue weighted by Crippen LogP contribution is 2.24. The summed E-state index contributed by atoms with van der Waals surface area (Å²) in [4.78, 5) is 7.14. The second-order valence-corrected chi connectivity index (χ2v) is 7.59. The molecule has 164 valence electrons. The smallest absolute Gasteiger partial charge is 0.191 e. The van der Waals surface area contributed by atoms with Gasteiger partial charge in [-0.05, 0) is 48.7 Å². The third-order valence-corrected chi connectivity index (χ3v) is 5.28. The molecule has 2 aromatic carbocycles. The maximum Gasteiger partial charge on any atom is 0.191 e. The van der Waals surface area contributed by atoms with Crippen LogP contribution in [0.15, 0.2) is 47.5 Å². The van der Waals surface area contributed by atoms with Gasteiger partial charge in [0.15, 0.2) is 5.96 Å². The zero-order chi connectivity index (χ0) is 22.1. The van der Waals surface area contributed by atoms with Crippen LogP contribution in [0.3, 0.4) is 0 Å². The van der Waals surface area contributed by atoms with E-state index in [-0.39, 0.29) is 0 Å². The average Bonchev–Trinajstić information content (AvgIpc) is 3.24. The molecule has 0 radical (unpaired) electrons. The number of ether oxygens (including phenoxy) is 2. The largest absolute Gasteiger partial charge is 0.497 e. The number of hydrogen-bond donors (Lipinski definition) is 2. The van der Waals surface area contributed by atoms with Crippen molar-refractivity contribution >= 4 is 5.96 Å². The first kappa shape index (κ1) is 22.4. The Morgan fingerprint density at radius 2 is 1.84 bits per heavy atom. The van der Waals surface area contributed by atoms with Crippen LogP contribution in [0, 0.1) is 11.3 Å². The molecule has 3 rings (SSSR count). The molecule has 31 heavy (non-hydrogen) atoms. The third kappa shape index (κ3) is 6.63. The van der Waals surface area contributed by atoms with Crippen molar-refractivity contribution in [2.45, 2.75) is 32.5 Å². The molecule has 1 unspecified atom stereocenters. The molecule has 1 aliphatic heterocycles. The lowest BCUT2D eigenvalue weighted by molar-refractivity contribution is 0.321.